The summed E-state index contributed by atoms with van der Waals surface area (Å²) in [7, 11) is 0. The molecule has 8 atom stereocenters. The molecule has 0 aromatic heterocycles. The van der Waals surface area contributed by atoms with Crippen LogP contribution in [0.2, 0.25) is 0 Å². The maximum Gasteiger partial charge on any atom is 0.414 e. The van der Waals surface area contributed by atoms with Crippen molar-refractivity contribution < 1.29 is 44.0 Å². The monoisotopic (exact) mass is 502 g/mol. The van der Waals surface area contributed by atoms with Crippen molar-refractivity contribution in [3.05, 3.63) is 28.8 Å². The summed E-state index contributed by atoms with van der Waals surface area (Å²) in [5.74, 6) is -5.31. The van der Waals surface area contributed by atoms with Crippen LogP contribution in [0.15, 0.2) is 23.3 Å². The van der Waals surface area contributed by atoms with Crippen molar-refractivity contribution in [2.24, 2.45) is 29.1 Å². The van der Waals surface area contributed by atoms with Crippen molar-refractivity contribution in [2.75, 3.05) is 6.61 Å². The van der Waals surface area contributed by atoms with Crippen molar-refractivity contribution in [3.63, 3.8) is 0 Å². The Morgan fingerprint density at radius 2 is 1.94 bits per heavy atom. The summed E-state index contributed by atoms with van der Waals surface area (Å²) < 4.78 is 11.8. The van der Waals surface area contributed by atoms with Crippen molar-refractivity contribution in [3.8, 4) is 0 Å². The smallest absolute Gasteiger partial charge is 0.414 e. The first kappa shape index (κ1) is 26.4. The fourth-order valence-corrected chi connectivity index (χ4v) is 7.47. The standard InChI is InChI=1S/C26H34N2O8/c1-6-7-18(30)36-26-20(23(26,4)5)16-9-15(12-29)10-24(33)17(8-13(2)21(24)32)25(16,34)14(3)22(26)35-19(31)11-28-27/h8-9,11,14,16-17,20,22,29,33-34H,6-7,10,12H2,1-5H3/t14-,16+,17-,20-,22-,24-,25-,26-/m1/s1. The van der Waals surface area contributed by atoms with Gasteiger partial charge in [0.1, 0.15) is 11.7 Å². The number of nitrogens with zero attached hydrogens (tertiary/aromatic N) is 2. The Hall–Kier alpha value is -2.65. The molecule has 0 aromatic rings. The van der Waals surface area contributed by atoms with E-state index in [9.17, 15) is 29.7 Å². The molecule has 3 N–H and O–H groups in total. The largest absolute Gasteiger partial charge is 0.454 e. The van der Waals surface area contributed by atoms with E-state index in [0.717, 1.165) is 0 Å². The minimum Gasteiger partial charge on any atom is -0.454 e. The van der Waals surface area contributed by atoms with Crippen molar-refractivity contribution in [1.29, 1.82) is 0 Å². The minimum absolute atomic E-state index is 0.142. The molecule has 0 spiro atoms. The van der Waals surface area contributed by atoms with Gasteiger partial charge in [-0.25, -0.2) is 4.79 Å². The lowest BCUT2D eigenvalue weighted by Crippen LogP contribution is -2.66. The van der Waals surface area contributed by atoms with E-state index in [2.05, 4.69) is 4.79 Å². The average molecular weight is 503 g/mol. The van der Waals surface area contributed by atoms with E-state index in [1.54, 1.807) is 26.0 Å². The molecule has 4 aliphatic rings. The molecule has 0 amide bonds. The van der Waals surface area contributed by atoms with E-state index in [1.807, 2.05) is 20.8 Å². The Labute approximate surface area is 209 Å². The number of hydrogen-bond donors (Lipinski definition) is 3. The fraction of sp³-hybridized carbons (Fsp3) is 0.692. The summed E-state index contributed by atoms with van der Waals surface area (Å²) >= 11 is 0. The van der Waals surface area contributed by atoms with Crippen LogP contribution in [0.5, 0.6) is 0 Å². The van der Waals surface area contributed by atoms with Gasteiger partial charge in [-0.2, -0.15) is 4.79 Å². The Balaban J connectivity index is 1.94. The van der Waals surface area contributed by atoms with Gasteiger partial charge in [0.25, 0.3) is 0 Å². The molecule has 0 unspecified atom stereocenters. The summed E-state index contributed by atoms with van der Waals surface area (Å²) in [5.41, 5.74) is 3.64. The maximum atomic E-state index is 13.1. The van der Waals surface area contributed by atoms with Gasteiger partial charge >= 0.3 is 18.2 Å². The van der Waals surface area contributed by atoms with Gasteiger partial charge in [-0.15, -0.1) is 0 Å². The summed E-state index contributed by atoms with van der Waals surface area (Å²) in [5, 5.41) is 34.3. The Morgan fingerprint density at radius 3 is 2.53 bits per heavy atom. The zero-order chi connectivity index (χ0) is 26.8. The predicted molar refractivity (Wildman–Crippen MR) is 125 cm³/mol. The Kier molecular flexibility index (Phi) is 6.20. The molecule has 2 fully saturated rings. The molecule has 0 aliphatic heterocycles. The van der Waals surface area contributed by atoms with Crippen LogP contribution in [0.4, 0.5) is 0 Å². The second kappa shape index (κ2) is 8.45. The molecule has 10 nitrogen and oxygen atoms in total. The number of hydrogen-bond acceptors (Lipinski definition) is 8. The van der Waals surface area contributed by atoms with Crippen LogP contribution >= 0.6 is 0 Å². The number of aliphatic hydroxyl groups excluding tert-OH is 1. The van der Waals surface area contributed by atoms with Gasteiger partial charge in [0.05, 0.1) is 12.2 Å². The van der Waals surface area contributed by atoms with Gasteiger partial charge in [-0.05, 0) is 24.5 Å². The van der Waals surface area contributed by atoms with Crippen LogP contribution in [0.1, 0.15) is 53.9 Å². The first-order chi connectivity index (χ1) is 16.8. The normalized spacial score (nSPS) is 41.9. The van der Waals surface area contributed by atoms with Gasteiger partial charge < -0.3 is 30.3 Å². The summed E-state index contributed by atoms with van der Waals surface area (Å²) in [6.07, 6.45) is 3.17. The number of rotatable bonds is 6. The minimum atomic E-state index is -1.99. The topological polar surface area (TPSA) is 167 Å². The number of aliphatic hydroxyl groups is 3. The van der Waals surface area contributed by atoms with E-state index in [-0.39, 0.29) is 12.8 Å². The van der Waals surface area contributed by atoms with Crippen LogP contribution in [0, 0.1) is 29.1 Å². The van der Waals surface area contributed by atoms with Crippen LogP contribution in [-0.2, 0) is 23.9 Å². The third-order valence-corrected chi connectivity index (χ3v) is 9.10. The van der Waals surface area contributed by atoms with Crippen molar-refractivity contribution in [2.45, 2.75) is 76.8 Å². The van der Waals surface area contributed by atoms with E-state index in [4.69, 9.17) is 15.0 Å². The number of ketones is 1. The molecule has 0 saturated heterocycles. The lowest BCUT2D eigenvalue weighted by atomic mass is 9.59. The molecule has 0 bridgehead atoms. The number of carbonyl (C=O) groups excluding carboxylic acids is 3. The molecule has 0 heterocycles. The quantitative estimate of drug-likeness (QED) is 0.160. The zero-order valence-electron chi connectivity index (χ0n) is 21.2. The Morgan fingerprint density at radius 1 is 1.28 bits per heavy atom. The molecular formula is C26H34N2O8. The summed E-state index contributed by atoms with van der Waals surface area (Å²) in [4.78, 5) is 41.1. The van der Waals surface area contributed by atoms with Gasteiger partial charge in [0.2, 0.25) is 0 Å². The van der Waals surface area contributed by atoms with Gasteiger partial charge in [-0.3, -0.25) is 9.59 Å². The highest BCUT2D eigenvalue weighted by molar-refractivity contribution is 6.20. The molecule has 0 aromatic carbocycles. The molecular weight excluding hydrogens is 468 g/mol. The van der Waals surface area contributed by atoms with Crippen LogP contribution in [0.3, 0.4) is 0 Å². The van der Waals surface area contributed by atoms with Crippen LogP contribution < -0.4 is 0 Å². The third-order valence-electron chi connectivity index (χ3n) is 9.10. The second-order valence-electron chi connectivity index (χ2n) is 11.3. The lowest BCUT2D eigenvalue weighted by molar-refractivity contribution is -0.227. The third kappa shape index (κ3) is 3.24. The highest BCUT2D eigenvalue weighted by Gasteiger charge is 2.88. The SMILES string of the molecule is CCCC(=O)O[C@@]12[C@H](OC(=O)C=[N+]=[N-])[C@@H](C)[C@@]3(O)[C@@H](C=C(CO)C[C@]4(O)C(=O)C(C)=C[C@@H]34)[C@@H]1C2(C)C. The number of esters is 2. The molecule has 36 heavy (non-hydrogen) atoms. The molecule has 4 aliphatic carbocycles. The number of ether oxygens (including phenoxy) is 2. The predicted octanol–water partition coefficient (Wildman–Crippen LogP) is 1.13. The molecule has 2 saturated carbocycles. The number of fused-ring (bicyclic) bond motifs is 5. The van der Waals surface area contributed by atoms with Gasteiger partial charge in [-0.1, -0.05) is 39.8 Å². The fourth-order valence-electron chi connectivity index (χ4n) is 7.47. The van der Waals surface area contributed by atoms with Crippen molar-refractivity contribution >= 4 is 23.9 Å². The Bertz CT molecular complexity index is 1120. The number of carbonyl (C=O) groups is 3. The highest BCUT2D eigenvalue weighted by atomic mass is 16.6. The van der Waals surface area contributed by atoms with E-state index >= 15 is 0 Å². The van der Waals surface area contributed by atoms with E-state index in [0.29, 0.717) is 23.8 Å². The summed E-state index contributed by atoms with van der Waals surface area (Å²) in [6, 6.07) is 0. The first-order valence-electron chi connectivity index (χ1n) is 12.4. The zero-order valence-corrected chi connectivity index (χ0v) is 21.2. The number of Topliss-reactive ketones (excluding diaryl/α,β-unsaturated/α-hetero) is 1. The average Bonchev–Trinajstić information content (AvgIpc) is 3.23. The first-order valence-corrected chi connectivity index (χ1v) is 12.4. The second-order valence-corrected chi connectivity index (χ2v) is 11.3. The van der Waals surface area contributed by atoms with Crippen LogP contribution in [0.25, 0.3) is 5.53 Å². The molecule has 10 heteroatoms. The molecule has 0 radical (unpaired) electrons. The molecule has 4 rings (SSSR count). The lowest BCUT2D eigenvalue weighted by Gasteiger charge is -2.52. The summed E-state index contributed by atoms with van der Waals surface area (Å²) in [6.45, 7) is 8.30. The maximum absolute atomic E-state index is 13.1. The van der Waals surface area contributed by atoms with E-state index in [1.165, 1.54) is 0 Å². The van der Waals surface area contributed by atoms with E-state index < -0.39 is 76.3 Å². The van der Waals surface area contributed by atoms with Gasteiger partial charge in [0, 0.05) is 41.9 Å². The van der Waals surface area contributed by atoms with Crippen LogP contribution in [-0.4, -0.2) is 73.6 Å². The van der Waals surface area contributed by atoms with Crippen molar-refractivity contribution in [1.82, 2.24) is 0 Å². The van der Waals surface area contributed by atoms with Gasteiger partial charge in [0.15, 0.2) is 11.4 Å². The highest BCUT2D eigenvalue weighted by Crippen LogP contribution is 2.77. The molecule has 196 valence electrons.